The van der Waals surface area contributed by atoms with Crippen molar-refractivity contribution < 1.29 is 30.7 Å². The Bertz CT molecular complexity index is 1120. The fourth-order valence-electron chi connectivity index (χ4n) is 2.77. The summed E-state index contributed by atoms with van der Waals surface area (Å²) in [7, 11) is 0. The van der Waals surface area contributed by atoms with Crippen LogP contribution >= 0.6 is 23.2 Å². The lowest BCUT2D eigenvalue weighted by molar-refractivity contribution is -0.361. The first kappa shape index (κ1) is 23.2. The third-order valence-electron chi connectivity index (χ3n) is 4.32. The molecule has 0 saturated heterocycles. The number of nitrogens with zero attached hydrogens (tertiary/aromatic N) is 2. The molecule has 1 aromatic heterocycles. The van der Waals surface area contributed by atoms with E-state index >= 15 is 0 Å². The van der Waals surface area contributed by atoms with Gasteiger partial charge in [-0.05, 0) is 23.8 Å². The van der Waals surface area contributed by atoms with E-state index in [2.05, 4.69) is 5.10 Å². The zero-order valence-electron chi connectivity index (χ0n) is 15.2. The molecular formula is C19H12Cl2F7N3. The number of hydrogen-bond donors (Lipinski definition) is 1. The van der Waals surface area contributed by atoms with Gasteiger partial charge >= 0.3 is 18.1 Å². The Morgan fingerprint density at radius 1 is 0.935 bits per heavy atom. The van der Waals surface area contributed by atoms with Gasteiger partial charge in [-0.25, -0.2) is 5.43 Å². The van der Waals surface area contributed by atoms with Crippen molar-refractivity contribution in [1.29, 1.82) is 0 Å². The molecule has 1 N–H and O–H groups in total. The van der Waals surface area contributed by atoms with Crippen molar-refractivity contribution in [1.82, 2.24) is 9.99 Å². The van der Waals surface area contributed by atoms with Crippen LogP contribution in [0.4, 0.5) is 30.7 Å². The van der Waals surface area contributed by atoms with Crippen LogP contribution in [0.15, 0.2) is 53.8 Å². The van der Waals surface area contributed by atoms with Gasteiger partial charge in [0.1, 0.15) is 0 Å². The van der Waals surface area contributed by atoms with Crippen LogP contribution in [0.5, 0.6) is 0 Å². The number of para-hydroxylation sites is 1. The first-order valence-electron chi connectivity index (χ1n) is 8.48. The molecular weight excluding hydrogens is 474 g/mol. The van der Waals surface area contributed by atoms with Crippen molar-refractivity contribution in [3.63, 3.8) is 0 Å². The number of halogens is 9. The predicted molar refractivity (Wildman–Crippen MR) is 104 cm³/mol. The minimum atomic E-state index is -6.45. The normalized spacial score (nSPS) is 13.3. The van der Waals surface area contributed by atoms with Crippen LogP contribution in [0.1, 0.15) is 11.1 Å². The fourth-order valence-corrected chi connectivity index (χ4v) is 3.10. The average molecular weight is 486 g/mol. The maximum absolute atomic E-state index is 13.4. The van der Waals surface area contributed by atoms with Gasteiger partial charge in [0, 0.05) is 29.2 Å². The van der Waals surface area contributed by atoms with Crippen LogP contribution in [0, 0.1) is 0 Å². The molecule has 0 amide bonds. The predicted octanol–water partition coefficient (Wildman–Crippen LogP) is 6.71. The van der Waals surface area contributed by atoms with Crippen LogP contribution < -0.4 is 5.43 Å². The molecule has 12 heteroatoms. The summed E-state index contributed by atoms with van der Waals surface area (Å²) >= 11 is 11.9. The van der Waals surface area contributed by atoms with E-state index in [1.807, 2.05) is 0 Å². The van der Waals surface area contributed by atoms with Gasteiger partial charge in [-0.3, -0.25) is 0 Å². The van der Waals surface area contributed by atoms with Gasteiger partial charge in [-0.1, -0.05) is 47.5 Å². The summed E-state index contributed by atoms with van der Waals surface area (Å²) in [6.45, 7) is 0.293. The molecule has 0 unspecified atom stereocenters. The SMILES string of the molecule is FC(F)(F)C(F)(F)C(F)(F)N/N=C\c1cn(Cc2ccc(Cl)c(Cl)c2)c2ccccc12. The van der Waals surface area contributed by atoms with Crippen molar-refractivity contribution in [2.45, 2.75) is 24.7 Å². The van der Waals surface area contributed by atoms with E-state index in [4.69, 9.17) is 23.2 Å². The maximum Gasteiger partial charge on any atom is 0.462 e. The van der Waals surface area contributed by atoms with Gasteiger partial charge in [0.25, 0.3) is 0 Å². The smallest absolute Gasteiger partial charge is 0.342 e. The van der Waals surface area contributed by atoms with E-state index in [1.165, 1.54) is 6.20 Å². The fraction of sp³-hybridized carbons (Fsp3) is 0.211. The van der Waals surface area contributed by atoms with Gasteiger partial charge in [-0.2, -0.15) is 35.8 Å². The van der Waals surface area contributed by atoms with Crippen LogP contribution in [-0.4, -0.2) is 28.9 Å². The Balaban J connectivity index is 1.89. The van der Waals surface area contributed by atoms with Gasteiger partial charge in [0.2, 0.25) is 0 Å². The summed E-state index contributed by atoms with van der Waals surface area (Å²) in [5.74, 6) is -6.31. The lowest BCUT2D eigenvalue weighted by Gasteiger charge is -2.27. The van der Waals surface area contributed by atoms with Crippen LogP contribution in [0.25, 0.3) is 10.9 Å². The number of benzene rings is 2. The van der Waals surface area contributed by atoms with Crippen molar-refractivity contribution in [3.8, 4) is 0 Å². The quantitative estimate of drug-likeness (QED) is 0.179. The molecule has 31 heavy (non-hydrogen) atoms. The highest BCUT2D eigenvalue weighted by molar-refractivity contribution is 6.42. The van der Waals surface area contributed by atoms with Crippen LogP contribution in [0.2, 0.25) is 10.0 Å². The maximum atomic E-state index is 13.4. The number of hydrogen-bond acceptors (Lipinski definition) is 2. The highest BCUT2D eigenvalue weighted by atomic mass is 35.5. The van der Waals surface area contributed by atoms with Gasteiger partial charge in [-0.15, -0.1) is 0 Å². The third-order valence-corrected chi connectivity index (χ3v) is 5.05. The van der Waals surface area contributed by atoms with E-state index in [0.717, 1.165) is 11.8 Å². The number of fused-ring (bicyclic) bond motifs is 1. The Kier molecular flexibility index (Phi) is 6.16. The molecule has 0 radical (unpaired) electrons. The van der Waals surface area contributed by atoms with Gasteiger partial charge in [0.15, 0.2) is 0 Å². The molecule has 3 nitrogen and oxygen atoms in total. The van der Waals surface area contributed by atoms with E-state index in [9.17, 15) is 30.7 Å². The van der Waals surface area contributed by atoms with Crippen LogP contribution in [-0.2, 0) is 6.54 Å². The van der Waals surface area contributed by atoms with Crippen LogP contribution in [0.3, 0.4) is 0 Å². The number of aromatic nitrogens is 1. The van der Waals surface area contributed by atoms with E-state index in [-0.39, 0.29) is 5.56 Å². The molecule has 0 aliphatic carbocycles. The van der Waals surface area contributed by atoms with E-state index in [1.54, 1.807) is 47.0 Å². The Morgan fingerprint density at radius 2 is 1.61 bits per heavy atom. The van der Waals surface area contributed by atoms with Crippen molar-refractivity contribution in [2.75, 3.05) is 0 Å². The minimum absolute atomic E-state index is 0.217. The Labute approximate surface area is 181 Å². The molecule has 3 aromatic rings. The lowest BCUT2D eigenvalue weighted by Crippen LogP contribution is -2.58. The first-order chi connectivity index (χ1) is 14.3. The summed E-state index contributed by atoms with van der Waals surface area (Å²) in [4.78, 5) is 0. The Morgan fingerprint density at radius 3 is 2.26 bits per heavy atom. The molecule has 0 aliphatic heterocycles. The number of hydrazone groups is 1. The van der Waals surface area contributed by atoms with Gasteiger partial charge in [0.05, 0.1) is 16.3 Å². The molecule has 2 aromatic carbocycles. The standard InChI is InChI=1S/C19H12Cl2F7N3/c20-14-6-5-11(7-15(14)21)9-31-10-12(13-3-1-2-4-16(13)31)8-29-30-19(27,28)17(22,23)18(24,25)26/h1-8,10,30H,9H2/b29-8-. The number of nitrogens with one attached hydrogen (secondary N) is 1. The van der Waals surface area contributed by atoms with Crippen molar-refractivity contribution in [2.24, 2.45) is 5.10 Å². The summed E-state index contributed by atoms with van der Waals surface area (Å²) in [6.07, 6.45) is -4.22. The monoisotopic (exact) mass is 485 g/mol. The van der Waals surface area contributed by atoms with E-state index < -0.39 is 18.1 Å². The minimum Gasteiger partial charge on any atom is -0.342 e. The molecule has 0 aliphatic rings. The van der Waals surface area contributed by atoms with Gasteiger partial charge < -0.3 is 4.57 Å². The van der Waals surface area contributed by atoms with Crippen molar-refractivity contribution in [3.05, 3.63) is 69.8 Å². The molecule has 166 valence electrons. The summed E-state index contributed by atoms with van der Waals surface area (Å²) in [6, 6.07) is 5.99. The zero-order valence-corrected chi connectivity index (χ0v) is 16.7. The molecule has 0 bridgehead atoms. The summed E-state index contributed by atoms with van der Waals surface area (Å²) in [5.41, 5.74) is 2.23. The van der Waals surface area contributed by atoms with Crippen molar-refractivity contribution >= 4 is 40.3 Å². The first-order valence-corrected chi connectivity index (χ1v) is 9.23. The van der Waals surface area contributed by atoms with E-state index in [0.29, 0.717) is 32.9 Å². The largest absolute Gasteiger partial charge is 0.462 e. The number of alkyl halides is 7. The molecule has 1 heterocycles. The second-order valence-electron chi connectivity index (χ2n) is 6.49. The average Bonchev–Trinajstić information content (AvgIpc) is 3.01. The molecule has 0 saturated carbocycles. The molecule has 3 rings (SSSR count). The highest BCUT2D eigenvalue weighted by Gasteiger charge is 2.73. The topological polar surface area (TPSA) is 29.3 Å². The molecule has 0 fully saturated rings. The third kappa shape index (κ3) is 4.59. The summed E-state index contributed by atoms with van der Waals surface area (Å²) in [5, 5.41) is 4.13. The highest BCUT2D eigenvalue weighted by Crippen LogP contribution is 2.45. The summed E-state index contributed by atoms with van der Waals surface area (Å²) < 4.78 is 91.0. The zero-order chi connectivity index (χ0) is 23.0. The lowest BCUT2D eigenvalue weighted by atomic mass is 10.2. The second kappa shape index (κ2) is 8.23. The second-order valence-corrected chi connectivity index (χ2v) is 7.31. The Hall–Kier alpha value is -2.46. The molecule has 0 atom stereocenters. The molecule has 0 spiro atoms. The number of rotatable bonds is 6.